The molecule has 0 aromatic rings. The van der Waals surface area contributed by atoms with Gasteiger partial charge in [0.25, 0.3) is 0 Å². The smallest absolute Gasteiger partial charge is 0.191 e. The van der Waals surface area contributed by atoms with E-state index in [1.807, 2.05) is 0 Å². The summed E-state index contributed by atoms with van der Waals surface area (Å²) in [6, 6.07) is 0. The third kappa shape index (κ3) is 3.36. The molecule has 2 rings (SSSR count). The van der Waals surface area contributed by atoms with Gasteiger partial charge < -0.3 is 20.1 Å². The highest BCUT2D eigenvalue weighted by molar-refractivity contribution is 5.79. The standard InChI is InChI=1S/C13H25N3O2/c1-3-14-12(15-4-2)16-9-11-10-17-13(18-11)7-5-6-8-13/h11H,3-10H2,1-2H3,(H2,14,15,16)/t11-/m0/s1. The van der Waals surface area contributed by atoms with E-state index in [4.69, 9.17) is 9.47 Å². The van der Waals surface area contributed by atoms with E-state index >= 15 is 0 Å². The number of aliphatic imine (C=N–C) groups is 1. The summed E-state index contributed by atoms with van der Waals surface area (Å²) in [6.07, 6.45) is 4.63. The molecule has 2 N–H and O–H groups in total. The van der Waals surface area contributed by atoms with Crippen molar-refractivity contribution in [1.29, 1.82) is 0 Å². The normalized spacial score (nSPS) is 25.3. The second kappa shape index (κ2) is 6.38. The molecular formula is C13H25N3O2. The predicted octanol–water partition coefficient (Wildman–Crippen LogP) is 1.25. The number of nitrogens with zero attached hydrogens (tertiary/aromatic N) is 1. The van der Waals surface area contributed by atoms with Crippen LogP contribution in [0.15, 0.2) is 4.99 Å². The molecule has 104 valence electrons. The lowest BCUT2D eigenvalue weighted by molar-refractivity contribution is -0.160. The predicted molar refractivity (Wildman–Crippen MR) is 71.7 cm³/mol. The van der Waals surface area contributed by atoms with Crippen LogP contribution in [-0.2, 0) is 9.47 Å². The van der Waals surface area contributed by atoms with Crippen LogP contribution in [0.25, 0.3) is 0 Å². The van der Waals surface area contributed by atoms with Crippen LogP contribution in [0, 0.1) is 0 Å². The molecule has 1 aliphatic heterocycles. The molecule has 0 amide bonds. The van der Waals surface area contributed by atoms with E-state index in [0.29, 0.717) is 13.2 Å². The van der Waals surface area contributed by atoms with Gasteiger partial charge in [-0.25, -0.2) is 0 Å². The molecular weight excluding hydrogens is 230 g/mol. The van der Waals surface area contributed by atoms with Crippen molar-refractivity contribution in [1.82, 2.24) is 10.6 Å². The van der Waals surface area contributed by atoms with Gasteiger partial charge in [-0.2, -0.15) is 0 Å². The lowest BCUT2D eigenvalue weighted by Crippen LogP contribution is -2.38. The summed E-state index contributed by atoms with van der Waals surface area (Å²) in [6.45, 7) is 7.22. The van der Waals surface area contributed by atoms with E-state index in [1.165, 1.54) is 12.8 Å². The third-order valence-electron chi connectivity index (χ3n) is 3.42. The van der Waals surface area contributed by atoms with Gasteiger partial charge in [0.1, 0.15) is 6.10 Å². The topological polar surface area (TPSA) is 54.9 Å². The third-order valence-corrected chi connectivity index (χ3v) is 3.42. The minimum absolute atomic E-state index is 0.107. The van der Waals surface area contributed by atoms with E-state index in [1.54, 1.807) is 0 Å². The largest absolute Gasteiger partial charge is 0.357 e. The van der Waals surface area contributed by atoms with Crippen LogP contribution in [0.4, 0.5) is 0 Å². The molecule has 2 aliphatic rings. The highest BCUT2D eigenvalue weighted by Gasteiger charge is 2.43. The Bertz CT molecular complexity index is 280. The number of guanidine groups is 1. The van der Waals surface area contributed by atoms with Gasteiger partial charge in [-0.1, -0.05) is 0 Å². The summed E-state index contributed by atoms with van der Waals surface area (Å²) in [4.78, 5) is 4.53. The maximum atomic E-state index is 6.03. The Hall–Kier alpha value is -0.810. The van der Waals surface area contributed by atoms with Crippen molar-refractivity contribution in [3.05, 3.63) is 0 Å². The van der Waals surface area contributed by atoms with Crippen LogP contribution in [0.5, 0.6) is 0 Å². The zero-order valence-corrected chi connectivity index (χ0v) is 11.5. The Morgan fingerprint density at radius 1 is 1.22 bits per heavy atom. The van der Waals surface area contributed by atoms with Gasteiger partial charge >= 0.3 is 0 Å². The van der Waals surface area contributed by atoms with E-state index in [2.05, 4.69) is 29.5 Å². The monoisotopic (exact) mass is 255 g/mol. The fourth-order valence-electron chi connectivity index (χ4n) is 2.58. The lowest BCUT2D eigenvalue weighted by Gasteiger charge is -2.21. The molecule has 1 saturated carbocycles. The molecule has 0 bridgehead atoms. The highest BCUT2D eigenvalue weighted by Crippen LogP contribution is 2.39. The molecule has 0 aromatic carbocycles. The fraction of sp³-hybridized carbons (Fsp3) is 0.923. The maximum absolute atomic E-state index is 6.03. The number of nitrogens with one attached hydrogen (secondary N) is 2. The van der Waals surface area contributed by atoms with E-state index < -0.39 is 0 Å². The summed E-state index contributed by atoms with van der Waals surface area (Å²) in [5.74, 6) is 0.590. The van der Waals surface area contributed by atoms with Crippen molar-refractivity contribution < 1.29 is 9.47 Å². The van der Waals surface area contributed by atoms with Crippen LogP contribution in [0.2, 0.25) is 0 Å². The van der Waals surface area contributed by atoms with Crippen molar-refractivity contribution in [2.24, 2.45) is 4.99 Å². The number of hydrogen-bond acceptors (Lipinski definition) is 3. The van der Waals surface area contributed by atoms with Gasteiger partial charge in [0.2, 0.25) is 0 Å². The molecule has 1 aliphatic carbocycles. The van der Waals surface area contributed by atoms with E-state index in [9.17, 15) is 0 Å². The molecule has 1 heterocycles. The molecule has 0 aromatic heterocycles. The fourth-order valence-corrected chi connectivity index (χ4v) is 2.58. The van der Waals surface area contributed by atoms with Crippen molar-refractivity contribution in [3.8, 4) is 0 Å². The van der Waals surface area contributed by atoms with Gasteiger partial charge in [-0.15, -0.1) is 0 Å². The number of rotatable bonds is 4. The Morgan fingerprint density at radius 2 is 1.89 bits per heavy atom. The van der Waals surface area contributed by atoms with Gasteiger partial charge in [0, 0.05) is 25.9 Å². The Labute approximate surface area is 109 Å². The maximum Gasteiger partial charge on any atom is 0.191 e. The van der Waals surface area contributed by atoms with Gasteiger partial charge in [0.05, 0.1) is 13.2 Å². The van der Waals surface area contributed by atoms with E-state index in [0.717, 1.165) is 31.9 Å². The summed E-state index contributed by atoms with van der Waals surface area (Å²) in [5.41, 5.74) is 0. The van der Waals surface area contributed by atoms with E-state index in [-0.39, 0.29) is 11.9 Å². The average molecular weight is 255 g/mol. The molecule has 5 nitrogen and oxygen atoms in total. The zero-order chi connectivity index (χ0) is 12.8. The first-order chi connectivity index (χ1) is 8.78. The lowest BCUT2D eigenvalue weighted by atomic mass is 10.2. The first kappa shape index (κ1) is 13.6. The second-order valence-electron chi connectivity index (χ2n) is 4.92. The second-order valence-corrected chi connectivity index (χ2v) is 4.92. The molecule has 2 fully saturated rings. The molecule has 5 heteroatoms. The van der Waals surface area contributed by atoms with Gasteiger partial charge in [0.15, 0.2) is 11.7 Å². The Kier molecular flexibility index (Phi) is 4.83. The van der Waals surface area contributed by atoms with Gasteiger partial charge in [-0.05, 0) is 26.7 Å². The Morgan fingerprint density at radius 3 is 2.50 bits per heavy atom. The quantitative estimate of drug-likeness (QED) is 0.586. The Balaban J connectivity index is 1.81. The minimum atomic E-state index is -0.267. The number of hydrogen-bond donors (Lipinski definition) is 2. The van der Waals surface area contributed by atoms with Crippen molar-refractivity contribution in [2.45, 2.75) is 51.4 Å². The molecule has 1 saturated heterocycles. The van der Waals surface area contributed by atoms with Crippen LogP contribution in [-0.4, -0.2) is 44.1 Å². The molecule has 1 atom stereocenters. The van der Waals surface area contributed by atoms with Crippen molar-refractivity contribution >= 4 is 5.96 Å². The number of ether oxygens (including phenoxy) is 2. The summed E-state index contributed by atoms with van der Waals surface area (Å²) in [5, 5.41) is 6.42. The molecule has 0 unspecified atom stereocenters. The summed E-state index contributed by atoms with van der Waals surface area (Å²) >= 11 is 0. The van der Waals surface area contributed by atoms with Crippen LogP contribution in [0.1, 0.15) is 39.5 Å². The average Bonchev–Trinajstić information content (AvgIpc) is 2.98. The zero-order valence-electron chi connectivity index (χ0n) is 11.5. The minimum Gasteiger partial charge on any atom is -0.357 e. The van der Waals surface area contributed by atoms with Crippen LogP contribution < -0.4 is 10.6 Å². The summed E-state index contributed by atoms with van der Waals surface area (Å²) in [7, 11) is 0. The SMILES string of the molecule is CCNC(=NC[C@H]1COC2(CCCC2)O1)NCC. The van der Waals surface area contributed by atoms with Gasteiger partial charge in [-0.3, -0.25) is 4.99 Å². The molecule has 18 heavy (non-hydrogen) atoms. The van der Waals surface area contributed by atoms with Crippen molar-refractivity contribution in [2.75, 3.05) is 26.2 Å². The van der Waals surface area contributed by atoms with Crippen LogP contribution >= 0.6 is 0 Å². The van der Waals surface area contributed by atoms with Crippen LogP contribution in [0.3, 0.4) is 0 Å². The first-order valence-electron chi connectivity index (χ1n) is 7.12. The van der Waals surface area contributed by atoms with Crippen molar-refractivity contribution in [3.63, 3.8) is 0 Å². The molecule has 1 spiro atoms. The first-order valence-corrected chi connectivity index (χ1v) is 7.12. The molecule has 0 radical (unpaired) electrons. The summed E-state index contributed by atoms with van der Waals surface area (Å²) < 4.78 is 11.9. The highest BCUT2D eigenvalue weighted by atomic mass is 16.7.